The number of hydrogen-bond acceptors (Lipinski definition) is 4. The molecule has 7 heteroatoms. The Morgan fingerprint density at radius 3 is 2.91 bits per heavy atom. The number of nitrogens with one attached hydrogen (secondary N) is 1. The number of carbonyl (C=O) groups is 1. The van der Waals surface area contributed by atoms with E-state index in [1.54, 1.807) is 0 Å². The molecule has 2 aliphatic heterocycles. The number of rotatable bonds is 3. The van der Waals surface area contributed by atoms with E-state index in [0.29, 0.717) is 6.04 Å². The van der Waals surface area contributed by atoms with Gasteiger partial charge in [-0.15, -0.1) is 0 Å². The summed E-state index contributed by atoms with van der Waals surface area (Å²) in [4.78, 5) is 25.4. The van der Waals surface area contributed by atoms with Crippen LogP contribution in [0.1, 0.15) is 36.0 Å². The molecule has 2 aliphatic rings. The summed E-state index contributed by atoms with van der Waals surface area (Å²) in [5, 5.41) is 14.3. The summed E-state index contributed by atoms with van der Waals surface area (Å²) in [5.74, 6) is -0.388. The smallest absolute Gasteiger partial charge is 0.283 e. The quantitative estimate of drug-likeness (QED) is 0.685. The zero-order valence-corrected chi connectivity index (χ0v) is 12.9. The van der Waals surface area contributed by atoms with Crippen LogP contribution in [0.3, 0.4) is 0 Å². The standard InChI is InChI=1S/C15H18ClN3O3/c16-10-4-5-11(14(9-10)19(21)22)15(20)17-12-6-8-18-7-2-1-3-13(12)18/h4-5,9,12-13H,1-3,6-8H2,(H,17,20)/t12-,13-/m1/s1. The highest BCUT2D eigenvalue weighted by Crippen LogP contribution is 2.28. The van der Waals surface area contributed by atoms with Gasteiger partial charge in [0.1, 0.15) is 5.56 Å². The first-order chi connectivity index (χ1) is 10.6. The van der Waals surface area contributed by atoms with E-state index < -0.39 is 4.92 Å². The van der Waals surface area contributed by atoms with E-state index in [0.717, 1.165) is 25.9 Å². The summed E-state index contributed by atoms with van der Waals surface area (Å²) < 4.78 is 0. The second-order valence-corrected chi connectivity index (χ2v) is 6.32. The van der Waals surface area contributed by atoms with E-state index in [9.17, 15) is 14.9 Å². The fraction of sp³-hybridized carbons (Fsp3) is 0.533. The average Bonchev–Trinajstić information content (AvgIpc) is 2.90. The monoisotopic (exact) mass is 323 g/mol. The minimum Gasteiger partial charge on any atom is -0.347 e. The first-order valence-corrected chi connectivity index (χ1v) is 7.93. The minimum absolute atomic E-state index is 0.0723. The Labute approximate surface area is 133 Å². The molecule has 22 heavy (non-hydrogen) atoms. The van der Waals surface area contributed by atoms with Crippen molar-refractivity contribution >= 4 is 23.2 Å². The molecule has 0 saturated carbocycles. The van der Waals surface area contributed by atoms with Crippen LogP contribution in [0.15, 0.2) is 18.2 Å². The molecule has 1 aromatic carbocycles. The second-order valence-electron chi connectivity index (χ2n) is 5.89. The van der Waals surface area contributed by atoms with Gasteiger partial charge in [-0.1, -0.05) is 18.0 Å². The molecular formula is C15H18ClN3O3. The van der Waals surface area contributed by atoms with Crippen molar-refractivity contribution < 1.29 is 9.72 Å². The van der Waals surface area contributed by atoms with Crippen LogP contribution in [0.25, 0.3) is 0 Å². The molecule has 2 fully saturated rings. The molecule has 0 spiro atoms. The lowest BCUT2D eigenvalue weighted by molar-refractivity contribution is -0.385. The van der Waals surface area contributed by atoms with Gasteiger partial charge in [-0.25, -0.2) is 0 Å². The van der Waals surface area contributed by atoms with Gasteiger partial charge in [0, 0.05) is 29.7 Å². The fourth-order valence-electron chi connectivity index (χ4n) is 3.51. The number of piperidine rings is 1. The Bertz CT molecular complexity index is 608. The number of amides is 1. The number of hydrogen-bond donors (Lipinski definition) is 1. The van der Waals surface area contributed by atoms with Gasteiger partial charge in [0.25, 0.3) is 11.6 Å². The van der Waals surface area contributed by atoms with Crippen molar-refractivity contribution in [2.24, 2.45) is 0 Å². The van der Waals surface area contributed by atoms with E-state index in [-0.39, 0.29) is 28.2 Å². The molecule has 1 aromatic rings. The van der Waals surface area contributed by atoms with Gasteiger partial charge in [-0.2, -0.15) is 0 Å². The Kier molecular flexibility index (Phi) is 4.31. The van der Waals surface area contributed by atoms with Crippen molar-refractivity contribution in [2.75, 3.05) is 13.1 Å². The van der Waals surface area contributed by atoms with Crippen molar-refractivity contribution in [3.05, 3.63) is 38.9 Å². The lowest BCUT2D eigenvalue weighted by Gasteiger charge is -2.32. The van der Waals surface area contributed by atoms with E-state index >= 15 is 0 Å². The van der Waals surface area contributed by atoms with Gasteiger partial charge in [-0.05, 0) is 37.9 Å². The van der Waals surface area contributed by atoms with Crippen LogP contribution in [0.4, 0.5) is 5.69 Å². The summed E-state index contributed by atoms with van der Waals surface area (Å²) in [6.07, 6.45) is 4.36. The SMILES string of the molecule is O=C(N[C@@H]1CCN2CCCC[C@H]12)c1ccc(Cl)cc1[N+](=O)[O-]. The Morgan fingerprint density at radius 1 is 1.32 bits per heavy atom. The van der Waals surface area contributed by atoms with Crippen LogP contribution in [0.2, 0.25) is 5.02 Å². The molecule has 0 aromatic heterocycles. The summed E-state index contributed by atoms with van der Waals surface area (Å²) in [5.41, 5.74) is -0.174. The number of carbonyl (C=O) groups excluding carboxylic acids is 1. The minimum atomic E-state index is -0.567. The maximum atomic E-state index is 12.4. The van der Waals surface area contributed by atoms with Crippen LogP contribution in [0.5, 0.6) is 0 Å². The van der Waals surface area contributed by atoms with E-state index in [2.05, 4.69) is 10.2 Å². The Morgan fingerprint density at radius 2 is 2.14 bits per heavy atom. The summed E-state index contributed by atoms with van der Waals surface area (Å²) in [6, 6.07) is 4.58. The molecule has 0 aliphatic carbocycles. The predicted molar refractivity (Wildman–Crippen MR) is 83.2 cm³/mol. The van der Waals surface area contributed by atoms with Crippen molar-refractivity contribution in [1.29, 1.82) is 0 Å². The first kappa shape index (κ1) is 15.2. The van der Waals surface area contributed by atoms with E-state index in [1.807, 2.05) is 0 Å². The molecule has 2 atom stereocenters. The zero-order valence-electron chi connectivity index (χ0n) is 12.1. The highest BCUT2D eigenvalue weighted by molar-refractivity contribution is 6.31. The molecule has 118 valence electrons. The van der Waals surface area contributed by atoms with Crippen LogP contribution < -0.4 is 5.32 Å². The van der Waals surface area contributed by atoms with Crippen LogP contribution in [-0.2, 0) is 0 Å². The van der Waals surface area contributed by atoms with Gasteiger partial charge >= 0.3 is 0 Å². The highest BCUT2D eigenvalue weighted by Gasteiger charge is 2.37. The molecule has 0 bridgehead atoms. The average molecular weight is 324 g/mol. The third kappa shape index (κ3) is 2.94. The number of halogens is 1. The van der Waals surface area contributed by atoms with Crippen molar-refractivity contribution in [3.8, 4) is 0 Å². The zero-order chi connectivity index (χ0) is 15.7. The molecule has 2 saturated heterocycles. The summed E-state index contributed by atoms with van der Waals surface area (Å²) in [7, 11) is 0. The number of benzene rings is 1. The predicted octanol–water partition coefficient (Wildman–Crippen LogP) is 2.60. The third-order valence-electron chi connectivity index (χ3n) is 4.57. The second kappa shape index (κ2) is 6.22. The molecule has 1 N–H and O–H groups in total. The largest absolute Gasteiger partial charge is 0.347 e. The van der Waals surface area contributed by atoms with Crippen LogP contribution in [-0.4, -0.2) is 40.9 Å². The molecular weight excluding hydrogens is 306 g/mol. The molecule has 0 radical (unpaired) electrons. The van der Waals surface area contributed by atoms with Crippen molar-refractivity contribution in [3.63, 3.8) is 0 Å². The maximum absolute atomic E-state index is 12.4. The molecule has 2 heterocycles. The lowest BCUT2D eigenvalue weighted by Crippen LogP contribution is -2.46. The van der Waals surface area contributed by atoms with Crippen LogP contribution in [0, 0.1) is 10.1 Å². The third-order valence-corrected chi connectivity index (χ3v) is 4.81. The fourth-order valence-corrected chi connectivity index (χ4v) is 3.68. The number of nitro groups is 1. The number of nitro benzene ring substituents is 1. The maximum Gasteiger partial charge on any atom is 0.283 e. The van der Waals surface area contributed by atoms with Gasteiger partial charge in [-0.3, -0.25) is 19.8 Å². The first-order valence-electron chi connectivity index (χ1n) is 7.55. The van der Waals surface area contributed by atoms with Gasteiger partial charge in [0.05, 0.1) is 4.92 Å². The summed E-state index contributed by atoms with van der Waals surface area (Å²) >= 11 is 5.78. The Balaban J connectivity index is 1.76. The number of fused-ring (bicyclic) bond motifs is 1. The number of nitrogens with zero attached hydrogens (tertiary/aromatic N) is 2. The molecule has 0 unspecified atom stereocenters. The van der Waals surface area contributed by atoms with Crippen LogP contribution >= 0.6 is 11.6 Å². The normalized spacial score (nSPS) is 24.8. The topological polar surface area (TPSA) is 75.5 Å². The molecule has 6 nitrogen and oxygen atoms in total. The van der Waals surface area contributed by atoms with E-state index in [4.69, 9.17) is 11.6 Å². The van der Waals surface area contributed by atoms with Gasteiger partial charge in [0.2, 0.25) is 0 Å². The van der Waals surface area contributed by atoms with Crippen molar-refractivity contribution in [2.45, 2.75) is 37.8 Å². The Hall–Kier alpha value is -1.66. The van der Waals surface area contributed by atoms with Crippen molar-refractivity contribution in [1.82, 2.24) is 10.2 Å². The highest BCUT2D eigenvalue weighted by atomic mass is 35.5. The van der Waals surface area contributed by atoms with Gasteiger partial charge < -0.3 is 5.32 Å². The lowest BCUT2D eigenvalue weighted by atomic mass is 9.98. The van der Waals surface area contributed by atoms with Gasteiger partial charge in [0.15, 0.2) is 0 Å². The summed E-state index contributed by atoms with van der Waals surface area (Å²) in [6.45, 7) is 2.07. The molecule has 3 rings (SSSR count). The van der Waals surface area contributed by atoms with E-state index in [1.165, 1.54) is 31.0 Å². The molecule has 1 amide bonds.